The molecule has 0 bridgehead atoms. The van der Waals surface area contributed by atoms with Crippen LogP contribution in [0.3, 0.4) is 0 Å². The van der Waals surface area contributed by atoms with E-state index in [1.54, 1.807) is 6.92 Å². The summed E-state index contributed by atoms with van der Waals surface area (Å²) in [6.45, 7) is 9.60. The average molecular weight is 268 g/mol. The first kappa shape index (κ1) is 13.6. The van der Waals surface area contributed by atoms with E-state index in [4.69, 9.17) is 14.2 Å². The first-order chi connectivity index (χ1) is 8.74. The number of hydrogen-bond donors (Lipinski definition) is 1. The largest absolute Gasteiger partial charge is 0.389 e. The Morgan fingerprint density at radius 2 is 1.74 bits per heavy atom. The van der Waals surface area contributed by atoms with Crippen LogP contribution in [0.25, 0.3) is 0 Å². The molecule has 3 aliphatic rings. The summed E-state index contributed by atoms with van der Waals surface area (Å²) in [7, 11) is 0. The Morgan fingerprint density at radius 3 is 2.26 bits per heavy atom. The van der Waals surface area contributed by atoms with E-state index in [0.717, 1.165) is 12.8 Å². The lowest BCUT2D eigenvalue weighted by Crippen LogP contribution is -2.53. The molecule has 0 aromatic carbocycles. The molecule has 3 unspecified atom stereocenters. The van der Waals surface area contributed by atoms with Crippen molar-refractivity contribution in [1.82, 2.24) is 0 Å². The van der Waals surface area contributed by atoms with E-state index in [-0.39, 0.29) is 16.6 Å². The first-order valence-electron chi connectivity index (χ1n) is 7.10. The summed E-state index contributed by atoms with van der Waals surface area (Å²) in [6.07, 6.45) is 4.99. The minimum Gasteiger partial charge on any atom is -0.389 e. The Balaban J connectivity index is 1.90. The smallest absolute Gasteiger partial charge is 0.172 e. The van der Waals surface area contributed by atoms with Crippen molar-refractivity contribution in [2.45, 2.75) is 63.6 Å². The highest BCUT2D eigenvalue weighted by Crippen LogP contribution is 2.69. The van der Waals surface area contributed by atoms with E-state index >= 15 is 0 Å². The van der Waals surface area contributed by atoms with E-state index < -0.39 is 11.9 Å². The Labute approximate surface area is 114 Å². The predicted octanol–water partition coefficient (Wildman–Crippen LogP) is 2.01. The fraction of sp³-hybridized carbons (Fsp3) is 0.867. The van der Waals surface area contributed by atoms with Gasteiger partial charge in [0.15, 0.2) is 5.79 Å². The van der Waals surface area contributed by atoms with Gasteiger partial charge < -0.3 is 19.3 Å². The number of rotatable bonds is 2. The quantitative estimate of drug-likeness (QED) is 0.615. The molecule has 0 radical (unpaired) electrons. The molecular formula is C15H24O4. The van der Waals surface area contributed by atoms with Crippen molar-refractivity contribution in [3.8, 4) is 0 Å². The normalized spacial score (nSPS) is 44.5. The van der Waals surface area contributed by atoms with Crippen LogP contribution in [0.15, 0.2) is 12.2 Å². The third-order valence-electron chi connectivity index (χ3n) is 4.88. The van der Waals surface area contributed by atoms with Gasteiger partial charge in [0.2, 0.25) is 0 Å². The standard InChI is InChI=1S/C15H24O4/c1-11(16)5-6-15-12(2,3)9-14(17-7-8-18-14)10-13(15,4)19-15/h5-6,11,16H,7-10H2,1-4H3. The molecule has 3 atom stereocenters. The van der Waals surface area contributed by atoms with Gasteiger partial charge in [0.05, 0.1) is 19.3 Å². The van der Waals surface area contributed by atoms with Crippen molar-refractivity contribution < 1.29 is 19.3 Å². The zero-order chi connectivity index (χ0) is 13.9. The molecule has 1 saturated carbocycles. The zero-order valence-corrected chi connectivity index (χ0v) is 12.2. The molecule has 0 aromatic heterocycles. The number of hydrogen-bond acceptors (Lipinski definition) is 4. The minimum absolute atomic E-state index is 0.0876. The fourth-order valence-electron chi connectivity index (χ4n) is 4.14. The maximum atomic E-state index is 9.48. The molecule has 2 saturated heterocycles. The van der Waals surface area contributed by atoms with Gasteiger partial charge in [-0.2, -0.15) is 0 Å². The molecule has 1 spiro atoms. The lowest BCUT2D eigenvalue weighted by atomic mass is 9.62. The maximum Gasteiger partial charge on any atom is 0.172 e. The minimum atomic E-state index is -0.475. The van der Waals surface area contributed by atoms with Crippen LogP contribution in [-0.2, 0) is 14.2 Å². The van der Waals surface area contributed by atoms with Crippen molar-refractivity contribution >= 4 is 0 Å². The van der Waals surface area contributed by atoms with Crippen LogP contribution >= 0.6 is 0 Å². The van der Waals surface area contributed by atoms with Gasteiger partial charge in [-0.05, 0) is 13.8 Å². The van der Waals surface area contributed by atoms with Crippen LogP contribution in [0.1, 0.15) is 40.5 Å². The van der Waals surface area contributed by atoms with Gasteiger partial charge in [-0.15, -0.1) is 0 Å². The molecule has 19 heavy (non-hydrogen) atoms. The van der Waals surface area contributed by atoms with Crippen LogP contribution in [0.5, 0.6) is 0 Å². The number of aliphatic hydroxyl groups is 1. The second-order valence-electron chi connectivity index (χ2n) is 7.01. The van der Waals surface area contributed by atoms with Gasteiger partial charge in [0, 0.05) is 18.3 Å². The number of ether oxygens (including phenoxy) is 3. The number of epoxide rings is 1. The molecule has 3 rings (SSSR count). The van der Waals surface area contributed by atoms with E-state index in [1.807, 2.05) is 12.2 Å². The van der Waals surface area contributed by atoms with Gasteiger partial charge in [0.1, 0.15) is 11.2 Å². The van der Waals surface area contributed by atoms with E-state index in [9.17, 15) is 5.11 Å². The van der Waals surface area contributed by atoms with Crippen LogP contribution in [0, 0.1) is 5.41 Å². The summed E-state index contributed by atoms with van der Waals surface area (Å²) in [6, 6.07) is 0. The van der Waals surface area contributed by atoms with Gasteiger partial charge in [0.25, 0.3) is 0 Å². The number of aliphatic hydroxyl groups excluding tert-OH is 1. The molecule has 2 aliphatic heterocycles. The Morgan fingerprint density at radius 1 is 1.11 bits per heavy atom. The third kappa shape index (κ3) is 1.81. The Kier molecular flexibility index (Phi) is 2.72. The van der Waals surface area contributed by atoms with Crippen molar-refractivity contribution in [1.29, 1.82) is 0 Å². The molecule has 1 N–H and O–H groups in total. The van der Waals surface area contributed by atoms with Crippen molar-refractivity contribution in [3.05, 3.63) is 12.2 Å². The first-order valence-corrected chi connectivity index (χ1v) is 7.10. The van der Waals surface area contributed by atoms with Crippen LogP contribution in [0.4, 0.5) is 0 Å². The Hall–Kier alpha value is -0.420. The second-order valence-corrected chi connectivity index (χ2v) is 7.01. The molecule has 0 amide bonds. The summed E-state index contributed by atoms with van der Waals surface area (Å²) in [4.78, 5) is 0. The summed E-state index contributed by atoms with van der Waals surface area (Å²) >= 11 is 0. The van der Waals surface area contributed by atoms with Crippen molar-refractivity contribution in [3.63, 3.8) is 0 Å². The van der Waals surface area contributed by atoms with Gasteiger partial charge in [-0.3, -0.25) is 0 Å². The highest BCUT2D eigenvalue weighted by molar-refractivity contribution is 5.33. The van der Waals surface area contributed by atoms with E-state index in [2.05, 4.69) is 20.8 Å². The fourth-order valence-corrected chi connectivity index (χ4v) is 4.14. The summed E-state index contributed by atoms with van der Waals surface area (Å²) in [5, 5.41) is 9.48. The van der Waals surface area contributed by atoms with Gasteiger partial charge in [-0.25, -0.2) is 0 Å². The second kappa shape index (κ2) is 3.82. The third-order valence-corrected chi connectivity index (χ3v) is 4.88. The molecule has 4 heteroatoms. The van der Waals surface area contributed by atoms with Crippen LogP contribution in [-0.4, -0.2) is 41.4 Å². The van der Waals surface area contributed by atoms with E-state index in [1.165, 1.54) is 0 Å². The molecule has 4 nitrogen and oxygen atoms in total. The molecule has 3 fully saturated rings. The van der Waals surface area contributed by atoms with Crippen molar-refractivity contribution in [2.24, 2.45) is 5.41 Å². The summed E-state index contributed by atoms with van der Waals surface area (Å²) in [5.41, 5.74) is -0.655. The van der Waals surface area contributed by atoms with E-state index in [0.29, 0.717) is 13.2 Å². The Bertz CT molecular complexity index is 408. The highest BCUT2D eigenvalue weighted by atomic mass is 16.7. The average Bonchev–Trinajstić information content (AvgIpc) is 2.63. The van der Waals surface area contributed by atoms with Crippen molar-refractivity contribution in [2.75, 3.05) is 13.2 Å². The summed E-state index contributed by atoms with van der Waals surface area (Å²) in [5.74, 6) is -0.475. The molecule has 2 heterocycles. The van der Waals surface area contributed by atoms with Crippen LogP contribution in [0.2, 0.25) is 0 Å². The maximum absolute atomic E-state index is 9.48. The highest BCUT2D eigenvalue weighted by Gasteiger charge is 2.78. The lowest BCUT2D eigenvalue weighted by molar-refractivity contribution is -0.201. The van der Waals surface area contributed by atoms with Crippen LogP contribution < -0.4 is 0 Å². The monoisotopic (exact) mass is 268 g/mol. The number of fused-ring (bicyclic) bond motifs is 1. The lowest BCUT2D eigenvalue weighted by Gasteiger charge is -2.45. The molecule has 108 valence electrons. The SMILES string of the molecule is CC(O)C=CC12OC1(C)CC1(CC2(C)C)OCCO1. The zero-order valence-electron chi connectivity index (χ0n) is 12.2. The topological polar surface area (TPSA) is 51.2 Å². The summed E-state index contributed by atoms with van der Waals surface area (Å²) < 4.78 is 17.9. The predicted molar refractivity (Wildman–Crippen MR) is 70.7 cm³/mol. The molecule has 1 aliphatic carbocycles. The molecule has 0 aromatic rings. The van der Waals surface area contributed by atoms with Gasteiger partial charge in [-0.1, -0.05) is 26.0 Å². The molecular weight excluding hydrogens is 244 g/mol. The van der Waals surface area contributed by atoms with Gasteiger partial charge >= 0.3 is 0 Å².